The zero-order valence-corrected chi connectivity index (χ0v) is 15.1. The van der Waals surface area contributed by atoms with Crippen LogP contribution < -0.4 is 5.56 Å². The first-order chi connectivity index (χ1) is 12.6. The maximum Gasteiger partial charge on any atom is 0.255 e. The van der Waals surface area contributed by atoms with Crippen LogP contribution in [0.5, 0.6) is 0 Å². The topological polar surface area (TPSA) is 87.7 Å². The smallest absolute Gasteiger partial charge is 0.255 e. The average molecular weight is 389 g/mol. The number of rotatable bonds is 3. The molecule has 132 valence electrons. The van der Waals surface area contributed by atoms with Gasteiger partial charge in [0.25, 0.3) is 5.56 Å². The summed E-state index contributed by atoms with van der Waals surface area (Å²) in [6, 6.07) is 0. The van der Waals surface area contributed by atoms with E-state index in [1.807, 2.05) is 0 Å². The number of nitrogens with zero attached hydrogens (tertiary/aromatic N) is 5. The molecule has 0 radical (unpaired) electrons. The SMILES string of the molecule is O=c1[nH]c(-c2cncnc2)nc2c1CN(Cc1c(Cl)cncc1Cl)CC2. The van der Waals surface area contributed by atoms with Crippen molar-refractivity contribution in [2.75, 3.05) is 6.54 Å². The number of fused-ring (bicyclic) bond motifs is 1. The van der Waals surface area contributed by atoms with E-state index < -0.39 is 0 Å². The highest BCUT2D eigenvalue weighted by molar-refractivity contribution is 6.35. The predicted octanol–water partition coefficient (Wildman–Crippen LogP) is 2.49. The standard InChI is InChI=1S/C17H14Cl2N6O/c18-13-5-20-6-14(19)11(13)7-25-2-1-15-12(8-25)17(26)24-16(23-15)10-3-21-9-22-4-10/h3-6,9H,1-2,7-8H2,(H,23,24,26). The molecular weight excluding hydrogens is 375 g/mol. The number of halogens is 2. The molecule has 1 N–H and O–H groups in total. The van der Waals surface area contributed by atoms with E-state index >= 15 is 0 Å². The van der Waals surface area contributed by atoms with Gasteiger partial charge in [-0.1, -0.05) is 23.2 Å². The Bertz CT molecular complexity index is 988. The van der Waals surface area contributed by atoms with Crippen LogP contribution in [0.25, 0.3) is 11.4 Å². The number of aromatic nitrogens is 5. The van der Waals surface area contributed by atoms with Crippen molar-refractivity contribution in [3.05, 3.63) is 68.3 Å². The Balaban J connectivity index is 1.61. The molecule has 0 unspecified atom stereocenters. The molecule has 26 heavy (non-hydrogen) atoms. The van der Waals surface area contributed by atoms with Gasteiger partial charge < -0.3 is 4.98 Å². The third-order valence-electron chi connectivity index (χ3n) is 4.32. The Morgan fingerprint density at radius 3 is 2.54 bits per heavy atom. The Hall–Kier alpha value is -2.35. The molecule has 9 heteroatoms. The fourth-order valence-electron chi connectivity index (χ4n) is 2.99. The van der Waals surface area contributed by atoms with Crippen molar-refractivity contribution in [2.45, 2.75) is 19.5 Å². The summed E-state index contributed by atoms with van der Waals surface area (Å²) in [4.78, 5) is 34.0. The number of hydrogen-bond acceptors (Lipinski definition) is 6. The molecule has 0 bridgehead atoms. The minimum atomic E-state index is -0.148. The average Bonchev–Trinajstić information content (AvgIpc) is 2.66. The van der Waals surface area contributed by atoms with Crippen molar-refractivity contribution in [2.24, 2.45) is 0 Å². The highest BCUT2D eigenvalue weighted by Crippen LogP contribution is 2.26. The molecule has 0 aromatic carbocycles. The lowest BCUT2D eigenvalue weighted by molar-refractivity contribution is 0.242. The Morgan fingerprint density at radius 1 is 1.08 bits per heavy atom. The van der Waals surface area contributed by atoms with Gasteiger partial charge in [-0.25, -0.2) is 15.0 Å². The van der Waals surface area contributed by atoms with Gasteiger partial charge in [0.1, 0.15) is 12.2 Å². The lowest BCUT2D eigenvalue weighted by atomic mass is 10.1. The van der Waals surface area contributed by atoms with Crippen molar-refractivity contribution in [1.82, 2.24) is 29.8 Å². The summed E-state index contributed by atoms with van der Waals surface area (Å²) in [7, 11) is 0. The molecule has 3 aromatic rings. The van der Waals surface area contributed by atoms with Gasteiger partial charge in [0.2, 0.25) is 0 Å². The minimum absolute atomic E-state index is 0.148. The first-order valence-corrected chi connectivity index (χ1v) is 8.75. The van der Waals surface area contributed by atoms with Crippen LogP contribution in [-0.4, -0.2) is 36.4 Å². The molecule has 0 spiro atoms. The minimum Gasteiger partial charge on any atom is -0.306 e. The third-order valence-corrected chi connectivity index (χ3v) is 4.97. The second-order valence-electron chi connectivity index (χ2n) is 6.01. The summed E-state index contributed by atoms with van der Waals surface area (Å²) in [5, 5.41) is 1.05. The van der Waals surface area contributed by atoms with Crippen LogP contribution in [-0.2, 0) is 19.5 Å². The maximum atomic E-state index is 12.6. The first kappa shape index (κ1) is 17.1. The van der Waals surface area contributed by atoms with Crippen LogP contribution in [0.1, 0.15) is 16.8 Å². The van der Waals surface area contributed by atoms with Crippen molar-refractivity contribution in [1.29, 1.82) is 0 Å². The van der Waals surface area contributed by atoms with E-state index in [0.29, 0.717) is 46.5 Å². The van der Waals surface area contributed by atoms with Crippen molar-refractivity contribution in [3.8, 4) is 11.4 Å². The summed E-state index contributed by atoms with van der Waals surface area (Å²) in [5.41, 5.74) is 2.82. The summed E-state index contributed by atoms with van der Waals surface area (Å²) in [6.45, 7) is 1.79. The number of pyridine rings is 1. The van der Waals surface area contributed by atoms with Crippen LogP contribution in [0.2, 0.25) is 10.0 Å². The van der Waals surface area contributed by atoms with Crippen LogP contribution in [0.3, 0.4) is 0 Å². The molecule has 3 aromatic heterocycles. The Kier molecular flexibility index (Phi) is 4.67. The largest absolute Gasteiger partial charge is 0.306 e. The maximum absolute atomic E-state index is 12.6. The second-order valence-corrected chi connectivity index (χ2v) is 6.82. The summed E-state index contributed by atoms with van der Waals surface area (Å²) >= 11 is 12.4. The fourth-order valence-corrected chi connectivity index (χ4v) is 3.47. The van der Waals surface area contributed by atoms with Crippen molar-refractivity contribution in [3.63, 3.8) is 0 Å². The van der Waals surface area contributed by atoms with Crippen LogP contribution >= 0.6 is 23.2 Å². The highest BCUT2D eigenvalue weighted by atomic mass is 35.5. The molecule has 0 fully saturated rings. The number of H-pyrrole nitrogens is 1. The van der Waals surface area contributed by atoms with Gasteiger partial charge >= 0.3 is 0 Å². The van der Waals surface area contributed by atoms with Crippen LogP contribution in [0.15, 0.2) is 35.9 Å². The lowest BCUT2D eigenvalue weighted by Crippen LogP contribution is -2.35. The summed E-state index contributed by atoms with van der Waals surface area (Å²) in [5.74, 6) is 0.489. The molecule has 0 amide bonds. The quantitative estimate of drug-likeness (QED) is 0.741. The van der Waals surface area contributed by atoms with E-state index in [9.17, 15) is 4.79 Å². The van der Waals surface area contributed by atoms with Gasteiger partial charge in [-0.05, 0) is 0 Å². The van der Waals surface area contributed by atoms with E-state index in [0.717, 1.165) is 17.8 Å². The summed E-state index contributed by atoms with van der Waals surface area (Å²) < 4.78 is 0. The predicted molar refractivity (Wildman–Crippen MR) is 98.0 cm³/mol. The van der Waals surface area contributed by atoms with Gasteiger partial charge in [-0.3, -0.25) is 14.7 Å². The van der Waals surface area contributed by atoms with E-state index in [1.54, 1.807) is 24.8 Å². The second kappa shape index (κ2) is 7.11. The molecule has 4 heterocycles. The molecule has 0 atom stereocenters. The molecule has 1 aliphatic rings. The molecule has 4 rings (SSSR count). The van der Waals surface area contributed by atoms with Crippen LogP contribution in [0, 0.1) is 0 Å². The molecule has 0 saturated heterocycles. The molecule has 0 saturated carbocycles. The zero-order chi connectivity index (χ0) is 18.1. The molecule has 1 aliphatic heterocycles. The van der Waals surface area contributed by atoms with Crippen molar-refractivity contribution < 1.29 is 0 Å². The van der Waals surface area contributed by atoms with Gasteiger partial charge in [0.05, 0.1) is 26.9 Å². The van der Waals surface area contributed by atoms with Gasteiger partial charge in [-0.15, -0.1) is 0 Å². The van der Waals surface area contributed by atoms with E-state index in [4.69, 9.17) is 23.2 Å². The monoisotopic (exact) mass is 388 g/mol. The normalized spacial score (nSPS) is 14.2. The van der Waals surface area contributed by atoms with Crippen LogP contribution in [0.4, 0.5) is 0 Å². The number of hydrogen-bond donors (Lipinski definition) is 1. The Morgan fingerprint density at radius 2 is 1.81 bits per heavy atom. The zero-order valence-electron chi connectivity index (χ0n) is 13.6. The fraction of sp³-hybridized carbons (Fsp3) is 0.235. The Labute approximate surface area is 159 Å². The highest BCUT2D eigenvalue weighted by Gasteiger charge is 2.23. The van der Waals surface area contributed by atoms with Gasteiger partial charge in [0, 0.05) is 56.4 Å². The summed E-state index contributed by atoms with van der Waals surface area (Å²) in [6.07, 6.45) is 8.50. The number of nitrogens with one attached hydrogen (secondary N) is 1. The molecular formula is C17H14Cl2N6O. The number of aromatic amines is 1. The third kappa shape index (κ3) is 3.33. The molecule has 7 nitrogen and oxygen atoms in total. The van der Waals surface area contributed by atoms with Gasteiger partial charge in [-0.2, -0.15) is 0 Å². The molecule has 0 aliphatic carbocycles. The van der Waals surface area contributed by atoms with Gasteiger partial charge in [0.15, 0.2) is 0 Å². The van der Waals surface area contributed by atoms with E-state index in [1.165, 1.54) is 6.33 Å². The lowest BCUT2D eigenvalue weighted by Gasteiger charge is -2.28. The first-order valence-electron chi connectivity index (χ1n) is 7.99. The van der Waals surface area contributed by atoms with E-state index in [2.05, 4.69) is 29.8 Å². The van der Waals surface area contributed by atoms with E-state index in [-0.39, 0.29) is 5.56 Å². The van der Waals surface area contributed by atoms with Crippen molar-refractivity contribution >= 4 is 23.2 Å².